The molecule has 8 nitrogen and oxygen atoms in total. The molecule has 1 aliphatic carbocycles. The van der Waals surface area contributed by atoms with E-state index in [1.165, 1.54) is 12.1 Å². The van der Waals surface area contributed by atoms with Gasteiger partial charge in [-0.3, -0.25) is 10.1 Å². The van der Waals surface area contributed by atoms with E-state index in [1.807, 2.05) is 0 Å². The van der Waals surface area contributed by atoms with E-state index in [1.54, 1.807) is 0 Å². The van der Waals surface area contributed by atoms with E-state index in [4.69, 9.17) is 9.88 Å². The lowest BCUT2D eigenvalue weighted by Gasteiger charge is -2.09. The van der Waals surface area contributed by atoms with Gasteiger partial charge in [0.1, 0.15) is 5.69 Å². The number of nitro benzene ring substituents is 1. The van der Waals surface area contributed by atoms with Gasteiger partial charge in [0.15, 0.2) is 0 Å². The summed E-state index contributed by atoms with van der Waals surface area (Å²) in [5, 5.41) is 19.1. The molecule has 3 N–H and O–H groups in total. The van der Waals surface area contributed by atoms with Crippen molar-refractivity contribution in [3.63, 3.8) is 0 Å². The summed E-state index contributed by atoms with van der Waals surface area (Å²) in [7, 11) is -3.96. The number of nitrogens with zero attached hydrogens (tertiary/aromatic N) is 1. The Morgan fingerprint density at radius 3 is 2.62 bits per heavy atom. The standard InChI is InChI=1S/C12H15N3O5S/c13-21(18,19)7-1-2-11(12(3-7)15(16)17)14-4-8-9-5-20-6-10(8)9/h1-3,8-10,14H,4-6H2,(H2,13,18,19). The molecular weight excluding hydrogens is 298 g/mol. The van der Waals surface area contributed by atoms with Gasteiger partial charge < -0.3 is 10.1 Å². The van der Waals surface area contributed by atoms with Crippen molar-refractivity contribution in [1.29, 1.82) is 0 Å². The summed E-state index contributed by atoms with van der Waals surface area (Å²) in [6.07, 6.45) is 0. The van der Waals surface area contributed by atoms with Crippen molar-refractivity contribution in [3.05, 3.63) is 28.3 Å². The van der Waals surface area contributed by atoms with Crippen LogP contribution in [0.2, 0.25) is 0 Å². The summed E-state index contributed by atoms with van der Waals surface area (Å²) in [6, 6.07) is 3.63. The fourth-order valence-electron chi connectivity index (χ4n) is 2.88. The molecule has 2 fully saturated rings. The molecule has 3 rings (SSSR count). The number of benzene rings is 1. The molecule has 2 unspecified atom stereocenters. The molecule has 0 amide bonds. The Morgan fingerprint density at radius 2 is 2.05 bits per heavy atom. The second kappa shape index (κ2) is 4.93. The number of nitro groups is 1. The molecule has 9 heteroatoms. The van der Waals surface area contributed by atoms with Crippen LogP contribution in [0.5, 0.6) is 0 Å². The molecular formula is C12H15N3O5S. The number of nitrogens with one attached hydrogen (secondary N) is 1. The van der Waals surface area contributed by atoms with Crippen LogP contribution in [0, 0.1) is 27.9 Å². The van der Waals surface area contributed by atoms with Crippen LogP contribution >= 0.6 is 0 Å². The fraction of sp³-hybridized carbons (Fsp3) is 0.500. The average Bonchev–Trinajstić information content (AvgIpc) is 2.84. The second-order valence-electron chi connectivity index (χ2n) is 5.39. The van der Waals surface area contributed by atoms with E-state index < -0.39 is 14.9 Å². The van der Waals surface area contributed by atoms with Gasteiger partial charge in [-0.05, 0) is 29.9 Å². The predicted molar refractivity (Wildman–Crippen MR) is 74.2 cm³/mol. The van der Waals surface area contributed by atoms with Crippen LogP contribution in [0.4, 0.5) is 11.4 Å². The summed E-state index contributed by atoms with van der Waals surface area (Å²) in [5.41, 5.74) is 0.0156. The maximum atomic E-state index is 11.2. The van der Waals surface area contributed by atoms with Gasteiger partial charge in [-0.25, -0.2) is 13.6 Å². The number of nitrogens with two attached hydrogens (primary N) is 1. The average molecular weight is 313 g/mol. The van der Waals surface area contributed by atoms with Gasteiger partial charge in [0, 0.05) is 12.6 Å². The van der Waals surface area contributed by atoms with E-state index >= 15 is 0 Å². The van der Waals surface area contributed by atoms with Crippen LogP contribution in [0.1, 0.15) is 0 Å². The number of hydrogen-bond donors (Lipinski definition) is 2. The quantitative estimate of drug-likeness (QED) is 0.604. The SMILES string of the molecule is NS(=O)(=O)c1ccc(NCC2C3COCC23)c([N+](=O)[O-])c1. The first-order valence-electron chi connectivity index (χ1n) is 6.51. The first-order chi connectivity index (χ1) is 9.88. The number of anilines is 1. The minimum atomic E-state index is -3.96. The number of fused-ring (bicyclic) bond motifs is 1. The molecule has 2 aliphatic rings. The molecule has 1 aliphatic heterocycles. The molecule has 0 bridgehead atoms. The minimum absolute atomic E-state index is 0.267. The van der Waals surface area contributed by atoms with Crippen LogP contribution in [0.3, 0.4) is 0 Å². The van der Waals surface area contributed by atoms with E-state index in [2.05, 4.69) is 5.32 Å². The molecule has 1 heterocycles. The lowest BCUT2D eigenvalue weighted by molar-refractivity contribution is -0.384. The molecule has 21 heavy (non-hydrogen) atoms. The van der Waals surface area contributed by atoms with Crippen molar-refractivity contribution in [3.8, 4) is 0 Å². The van der Waals surface area contributed by atoms with Crippen LogP contribution in [0.15, 0.2) is 23.1 Å². The normalized spacial score (nSPS) is 27.2. The first kappa shape index (κ1) is 14.2. The third kappa shape index (κ3) is 2.71. The number of primary sulfonamides is 1. The maximum Gasteiger partial charge on any atom is 0.293 e. The molecule has 0 radical (unpaired) electrons. The van der Waals surface area contributed by atoms with Gasteiger partial charge in [0.2, 0.25) is 10.0 Å². The first-order valence-corrected chi connectivity index (χ1v) is 8.05. The van der Waals surface area contributed by atoms with Gasteiger partial charge in [-0.15, -0.1) is 0 Å². The highest BCUT2D eigenvalue weighted by molar-refractivity contribution is 7.89. The van der Waals surface area contributed by atoms with Gasteiger partial charge in [-0.1, -0.05) is 0 Å². The van der Waals surface area contributed by atoms with Crippen molar-refractivity contribution >= 4 is 21.4 Å². The van der Waals surface area contributed by atoms with Crippen LogP contribution in [-0.2, 0) is 14.8 Å². The van der Waals surface area contributed by atoms with Gasteiger partial charge in [-0.2, -0.15) is 0 Å². The third-order valence-electron chi connectivity index (χ3n) is 4.15. The van der Waals surface area contributed by atoms with Gasteiger partial charge >= 0.3 is 0 Å². The lowest BCUT2D eigenvalue weighted by atomic mass is 10.2. The summed E-state index contributed by atoms with van der Waals surface area (Å²) >= 11 is 0. The van der Waals surface area contributed by atoms with Crippen LogP contribution in [0.25, 0.3) is 0 Å². The maximum absolute atomic E-state index is 11.2. The summed E-state index contributed by atoms with van der Waals surface area (Å²) in [5.74, 6) is 1.55. The van der Waals surface area contributed by atoms with E-state index in [-0.39, 0.29) is 10.6 Å². The summed E-state index contributed by atoms with van der Waals surface area (Å²) in [4.78, 5) is 10.2. The lowest BCUT2D eigenvalue weighted by Crippen LogP contribution is -2.14. The number of sulfonamides is 1. The van der Waals surface area contributed by atoms with Crippen molar-refractivity contribution in [2.45, 2.75) is 4.90 Å². The fourth-order valence-corrected chi connectivity index (χ4v) is 3.41. The zero-order valence-electron chi connectivity index (χ0n) is 11.1. The second-order valence-corrected chi connectivity index (χ2v) is 6.95. The van der Waals surface area contributed by atoms with Crippen LogP contribution in [-0.4, -0.2) is 33.1 Å². The summed E-state index contributed by atoms with van der Waals surface area (Å²) < 4.78 is 27.8. The molecule has 1 saturated carbocycles. The smallest absolute Gasteiger partial charge is 0.293 e. The summed E-state index contributed by atoms with van der Waals surface area (Å²) in [6.45, 7) is 2.13. The Labute approximate surface area is 121 Å². The number of hydrogen-bond acceptors (Lipinski definition) is 6. The highest BCUT2D eigenvalue weighted by atomic mass is 32.2. The Kier molecular flexibility index (Phi) is 3.34. The van der Waals surface area contributed by atoms with E-state index in [9.17, 15) is 18.5 Å². The topological polar surface area (TPSA) is 125 Å². The third-order valence-corrected chi connectivity index (χ3v) is 5.06. The molecule has 1 aromatic rings. The molecule has 0 aromatic heterocycles. The number of rotatable bonds is 5. The van der Waals surface area contributed by atoms with Crippen molar-refractivity contribution in [2.75, 3.05) is 25.1 Å². The molecule has 1 saturated heterocycles. The van der Waals surface area contributed by atoms with Crippen molar-refractivity contribution in [1.82, 2.24) is 0 Å². The highest BCUT2D eigenvalue weighted by Crippen LogP contribution is 2.50. The minimum Gasteiger partial charge on any atom is -0.381 e. The molecule has 114 valence electrons. The molecule has 2 atom stereocenters. The zero-order chi connectivity index (χ0) is 15.2. The Balaban J connectivity index is 1.76. The van der Waals surface area contributed by atoms with Crippen molar-refractivity contribution in [2.24, 2.45) is 22.9 Å². The largest absolute Gasteiger partial charge is 0.381 e. The highest BCUT2D eigenvalue weighted by Gasteiger charge is 2.53. The zero-order valence-corrected chi connectivity index (χ0v) is 11.9. The molecule has 0 spiro atoms. The Bertz CT molecular complexity index is 680. The van der Waals surface area contributed by atoms with E-state index in [0.717, 1.165) is 19.3 Å². The van der Waals surface area contributed by atoms with E-state index in [0.29, 0.717) is 30.0 Å². The molecule has 1 aromatic carbocycles. The van der Waals surface area contributed by atoms with Gasteiger partial charge in [0.25, 0.3) is 5.69 Å². The van der Waals surface area contributed by atoms with Crippen LogP contribution < -0.4 is 10.5 Å². The number of ether oxygens (including phenoxy) is 1. The van der Waals surface area contributed by atoms with Crippen molar-refractivity contribution < 1.29 is 18.1 Å². The monoisotopic (exact) mass is 313 g/mol. The van der Waals surface area contributed by atoms with Gasteiger partial charge in [0.05, 0.1) is 23.0 Å². The Morgan fingerprint density at radius 1 is 1.38 bits per heavy atom. The predicted octanol–water partition coefficient (Wildman–Crippen LogP) is 0.547. The Hall–Kier alpha value is -1.71.